The average molecular weight is 298 g/mol. The molecule has 0 atom stereocenters. The van der Waals surface area contributed by atoms with Gasteiger partial charge >= 0.3 is 0 Å². The molecule has 4 nitrogen and oxygen atoms in total. The lowest BCUT2D eigenvalue weighted by Crippen LogP contribution is -2.07. The predicted molar refractivity (Wildman–Crippen MR) is 78.7 cm³/mol. The van der Waals surface area contributed by atoms with E-state index in [1.165, 1.54) is 0 Å². The van der Waals surface area contributed by atoms with Crippen molar-refractivity contribution in [3.63, 3.8) is 0 Å². The Morgan fingerprint density at radius 3 is 2.40 bits per heavy atom. The minimum absolute atomic E-state index is 0.000701. The van der Waals surface area contributed by atoms with Crippen molar-refractivity contribution in [3.8, 4) is 5.75 Å². The maximum Gasteiger partial charge on any atom is 0.178 e. The van der Waals surface area contributed by atoms with Crippen LogP contribution in [0.4, 0.5) is 0 Å². The highest BCUT2D eigenvalue weighted by Gasteiger charge is 2.13. The normalized spacial score (nSPS) is 11.6. The van der Waals surface area contributed by atoms with Gasteiger partial charge in [-0.25, -0.2) is 8.42 Å². The van der Waals surface area contributed by atoms with Crippen LogP contribution in [0.1, 0.15) is 33.1 Å². The zero-order chi connectivity index (χ0) is 15.0. The van der Waals surface area contributed by atoms with E-state index in [0.29, 0.717) is 24.7 Å². The van der Waals surface area contributed by atoms with Gasteiger partial charge in [-0.05, 0) is 43.0 Å². The molecule has 0 unspecified atom stereocenters. The van der Waals surface area contributed by atoms with E-state index in [-0.39, 0.29) is 17.1 Å². The fraction of sp³-hybridized carbons (Fsp3) is 0.533. The summed E-state index contributed by atoms with van der Waals surface area (Å²) in [6, 6.07) is 6.46. The third kappa shape index (κ3) is 5.74. The fourth-order valence-corrected chi connectivity index (χ4v) is 2.96. The second-order valence-electron chi connectivity index (χ2n) is 5.13. The molecule has 0 aliphatic rings. The number of sulfone groups is 1. The standard InChI is InChI=1S/C15H22O4S/c1-13(2)9-11-19-14-5-7-15(8-6-14)20(17,18)12-4-3-10-16/h5-8,10,13H,3-4,9,11-12H2,1-2H3. The summed E-state index contributed by atoms with van der Waals surface area (Å²) in [5.41, 5.74) is 0. The topological polar surface area (TPSA) is 60.4 Å². The van der Waals surface area contributed by atoms with Crippen LogP contribution in [0.25, 0.3) is 0 Å². The van der Waals surface area contributed by atoms with Gasteiger partial charge in [-0.3, -0.25) is 0 Å². The van der Waals surface area contributed by atoms with Crippen molar-refractivity contribution >= 4 is 16.1 Å². The van der Waals surface area contributed by atoms with Gasteiger partial charge in [-0.2, -0.15) is 0 Å². The van der Waals surface area contributed by atoms with E-state index in [9.17, 15) is 13.2 Å². The molecule has 0 aliphatic carbocycles. The number of rotatable bonds is 9. The third-order valence-corrected chi connectivity index (χ3v) is 4.70. The van der Waals surface area contributed by atoms with E-state index in [1.54, 1.807) is 24.3 Å². The van der Waals surface area contributed by atoms with Gasteiger partial charge in [0.2, 0.25) is 0 Å². The van der Waals surface area contributed by atoms with Crippen LogP contribution in [0.2, 0.25) is 0 Å². The molecule has 20 heavy (non-hydrogen) atoms. The summed E-state index contributed by atoms with van der Waals surface area (Å²) in [5, 5.41) is 0. The van der Waals surface area contributed by atoms with Crippen molar-refractivity contribution in [3.05, 3.63) is 24.3 Å². The Labute approximate surface area is 121 Å². The van der Waals surface area contributed by atoms with Crippen molar-refractivity contribution in [1.29, 1.82) is 0 Å². The molecule has 112 valence electrons. The molecular weight excluding hydrogens is 276 g/mol. The zero-order valence-electron chi connectivity index (χ0n) is 12.0. The Morgan fingerprint density at radius 1 is 1.20 bits per heavy atom. The third-order valence-electron chi connectivity index (χ3n) is 2.88. The predicted octanol–water partition coefficient (Wildman–Crippen LogP) is 2.86. The number of ether oxygens (including phenoxy) is 1. The van der Waals surface area contributed by atoms with Crippen molar-refractivity contribution < 1.29 is 17.9 Å². The van der Waals surface area contributed by atoms with Gasteiger partial charge < -0.3 is 9.53 Å². The van der Waals surface area contributed by atoms with Crippen molar-refractivity contribution in [2.75, 3.05) is 12.4 Å². The molecule has 0 heterocycles. The summed E-state index contributed by atoms with van der Waals surface area (Å²) in [5.74, 6) is 1.25. The van der Waals surface area contributed by atoms with E-state index < -0.39 is 9.84 Å². The first-order valence-electron chi connectivity index (χ1n) is 6.85. The summed E-state index contributed by atoms with van der Waals surface area (Å²) in [4.78, 5) is 10.5. The molecule has 0 amide bonds. The van der Waals surface area contributed by atoms with E-state index in [0.717, 1.165) is 12.7 Å². The lowest BCUT2D eigenvalue weighted by Gasteiger charge is -2.09. The summed E-state index contributed by atoms with van der Waals surface area (Å²) in [6.07, 6.45) is 2.33. The number of carbonyl (C=O) groups is 1. The van der Waals surface area contributed by atoms with Crippen LogP contribution < -0.4 is 4.74 Å². The zero-order valence-corrected chi connectivity index (χ0v) is 12.9. The molecule has 1 aromatic carbocycles. The Hall–Kier alpha value is -1.36. The molecule has 0 N–H and O–H groups in total. The molecule has 0 saturated heterocycles. The summed E-state index contributed by atoms with van der Waals surface area (Å²) < 4.78 is 29.5. The van der Waals surface area contributed by atoms with E-state index in [2.05, 4.69) is 13.8 Å². The highest BCUT2D eigenvalue weighted by molar-refractivity contribution is 7.91. The molecule has 1 rings (SSSR count). The number of benzene rings is 1. The number of hydrogen-bond acceptors (Lipinski definition) is 4. The van der Waals surface area contributed by atoms with Crippen LogP contribution in [-0.2, 0) is 14.6 Å². The maximum absolute atomic E-state index is 12.0. The lowest BCUT2D eigenvalue weighted by atomic mass is 10.1. The van der Waals surface area contributed by atoms with Gasteiger partial charge in [0, 0.05) is 6.42 Å². The van der Waals surface area contributed by atoms with Crippen LogP contribution in [0.5, 0.6) is 5.75 Å². The van der Waals surface area contributed by atoms with E-state index in [1.807, 2.05) is 0 Å². The number of unbranched alkanes of at least 4 members (excludes halogenated alkanes) is 1. The number of hydrogen-bond donors (Lipinski definition) is 0. The number of carbonyl (C=O) groups excluding carboxylic acids is 1. The highest BCUT2D eigenvalue weighted by atomic mass is 32.2. The van der Waals surface area contributed by atoms with Crippen LogP contribution in [0.3, 0.4) is 0 Å². The SMILES string of the molecule is CC(C)CCOc1ccc(S(=O)(=O)CCCC=O)cc1. The lowest BCUT2D eigenvalue weighted by molar-refractivity contribution is -0.107. The first kappa shape index (κ1) is 16.7. The Balaban J connectivity index is 2.58. The van der Waals surface area contributed by atoms with Crippen molar-refractivity contribution in [2.45, 2.75) is 38.0 Å². The van der Waals surface area contributed by atoms with E-state index in [4.69, 9.17) is 4.74 Å². The van der Waals surface area contributed by atoms with Gasteiger partial charge in [0.15, 0.2) is 9.84 Å². The molecule has 0 saturated carbocycles. The van der Waals surface area contributed by atoms with Crippen molar-refractivity contribution in [1.82, 2.24) is 0 Å². The van der Waals surface area contributed by atoms with Gasteiger partial charge in [0.05, 0.1) is 17.3 Å². The monoisotopic (exact) mass is 298 g/mol. The second-order valence-corrected chi connectivity index (χ2v) is 7.24. The van der Waals surface area contributed by atoms with Crippen LogP contribution in [-0.4, -0.2) is 27.1 Å². The molecule has 0 bridgehead atoms. The minimum Gasteiger partial charge on any atom is -0.494 e. The maximum atomic E-state index is 12.0. The molecule has 0 fully saturated rings. The van der Waals surface area contributed by atoms with Crippen LogP contribution in [0, 0.1) is 5.92 Å². The molecule has 1 aromatic rings. The largest absolute Gasteiger partial charge is 0.494 e. The summed E-state index contributed by atoms with van der Waals surface area (Å²) in [7, 11) is -3.30. The van der Waals surface area contributed by atoms with Gasteiger partial charge in [0.1, 0.15) is 12.0 Å². The quantitative estimate of drug-likeness (QED) is 0.519. The first-order chi connectivity index (χ1) is 9.45. The van der Waals surface area contributed by atoms with Gasteiger partial charge in [0.25, 0.3) is 0 Å². The Morgan fingerprint density at radius 2 is 1.85 bits per heavy atom. The Bertz CT molecular complexity index is 503. The fourth-order valence-electron chi connectivity index (χ4n) is 1.63. The summed E-state index contributed by atoms with van der Waals surface area (Å²) >= 11 is 0. The minimum atomic E-state index is -3.30. The molecular formula is C15H22O4S. The molecule has 0 radical (unpaired) electrons. The van der Waals surface area contributed by atoms with Crippen LogP contribution >= 0.6 is 0 Å². The molecule has 0 aromatic heterocycles. The smallest absolute Gasteiger partial charge is 0.178 e. The highest BCUT2D eigenvalue weighted by Crippen LogP contribution is 2.18. The first-order valence-corrected chi connectivity index (χ1v) is 8.50. The van der Waals surface area contributed by atoms with Crippen molar-refractivity contribution in [2.24, 2.45) is 5.92 Å². The molecule has 0 aliphatic heterocycles. The Kier molecular flexibility index (Phi) is 6.71. The second kappa shape index (κ2) is 8.04. The summed E-state index contributed by atoms with van der Waals surface area (Å²) in [6.45, 7) is 4.87. The van der Waals surface area contributed by atoms with Gasteiger partial charge in [-0.15, -0.1) is 0 Å². The average Bonchev–Trinajstić information content (AvgIpc) is 2.39. The van der Waals surface area contributed by atoms with Gasteiger partial charge in [-0.1, -0.05) is 13.8 Å². The van der Waals surface area contributed by atoms with Crippen LogP contribution in [0.15, 0.2) is 29.2 Å². The van der Waals surface area contributed by atoms with E-state index >= 15 is 0 Å². The molecule has 0 spiro atoms. The number of aldehydes is 1. The molecule has 5 heteroatoms.